The quantitative estimate of drug-likeness (QED) is 0.282. The molecule has 0 saturated carbocycles. The number of aryl methyl sites for hydroxylation is 2. The number of rotatable bonds is 5. The number of carbonyl (C=O) groups is 2. The normalized spacial score (nSPS) is 13.5. The Labute approximate surface area is 178 Å². The Morgan fingerprint density at radius 2 is 1.15 bits per heavy atom. The second-order valence-electron chi connectivity index (χ2n) is 6.38. The van der Waals surface area contributed by atoms with Crippen LogP contribution in [-0.4, -0.2) is 11.8 Å². The molecule has 0 unspecified atom stereocenters. The summed E-state index contributed by atoms with van der Waals surface area (Å²) in [7, 11) is 0. The Kier molecular flexibility index (Phi) is 6.07. The van der Waals surface area contributed by atoms with Crippen LogP contribution >= 0.6 is 46.4 Å². The first-order valence-electron chi connectivity index (χ1n) is 8.70. The second kappa shape index (κ2) is 8.00. The molecule has 0 aromatic heterocycles. The van der Waals surface area contributed by atoms with Crippen LogP contribution in [-0.2, 0) is 12.8 Å². The minimum Gasteiger partial charge on any atom is -0.268 e. The van der Waals surface area contributed by atoms with Crippen LogP contribution < -0.4 is 4.90 Å². The van der Waals surface area contributed by atoms with E-state index in [1.807, 2.05) is 32.0 Å². The summed E-state index contributed by atoms with van der Waals surface area (Å²) in [4.78, 5) is 27.6. The van der Waals surface area contributed by atoms with Crippen molar-refractivity contribution in [2.75, 3.05) is 4.90 Å². The average Bonchev–Trinajstić information content (AvgIpc) is 2.90. The number of hydrogen-bond donors (Lipinski definition) is 0. The van der Waals surface area contributed by atoms with E-state index in [0.717, 1.165) is 36.8 Å². The number of anilines is 1. The van der Waals surface area contributed by atoms with Crippen molar-refractivity contribution in [3.8, 4) is 0 Å². The molecule has 0 fully saturated rings. The fourth-order valence-electron chi connectivity index (χ4n) is 3.43. The van der Waals surface area contributed by atoms with E-state index in [9.17, 15) is 9.59 Å². The summed E-state index contributed by atoms with van der Waals surface area (Å²) in [6.45, 7) is 4.10. The predicted octanol–water partition coefficient (Wildman–Crippen LogP) is 7.01. The molecule has 142 valence electrons. The minimum atomic E-state index is -0.527. The Balaban J connectivity index is 2.27. The number of halogens is 4. The van der Waals surface area contributed by atoms with Crippen LogP contribution in [0.5, 0.6) is 0 Å². The second-order valence-corrected chi connectivity index (χ2v) is 7.89. The van der Waals surface area contributed by atoms with Crippen LogP contribution in [0.2, 0.25) is 20.1 Å². The van der Waals surface area contributed by atoms with Crippen LogP contribution in [0.25, 0.3) is 0 Å². The van der Waals surface area contributed by atoms with Gasteiger partial charge in [-0.25, -0.2) is 4.90 Å². The van der Waals surface area contributed by atoms with Crippen molar-refractivity contribution in [1.82, 2.24) is 0 Å². The largest absolute Gasteiger partial charge is 0.268 e. The molecule has 0 saturated heterocycles. The molecule has 27 heavy (non-hydrogen) atoms. The van der Waals surface area contributed by atoms with Gasteiger partial charge in [0.05, 0.1) is 36.9 Å². The number of hydrogen-bond acceptors (Lipinski definition) is 2. The van der Waals surface area contributed by atoms with Crippen molar-refractivity contribution in [2.24, 2.45) is 0 Å². The topological polar surface area (TPSA) is 37.4 Å². The third-order valence-electron chi connectivity index (χ3n) is 4.57. The summed E-state index contributed by atoms with van der Waals surface area (Å²) in [5.74, 6) is -1.05. The summed E-state index contributed by atoms with van der Waals surface area (Å²) in [5.41, 5.74) is 2.50. The van der Waals surface area contributed by atoms with Gasteiger partial charge >= 0.3 is 0 Å². The zero-order valence-corrected chi connectivity index (χ0v) is 17.9. The molecule has 1 heterocycles. The van der Waals surface area contributed by atoms with Crippen molar-refractivity contribution in [3.05, 3.63) is 60.5 Å². The van der Waals surface area contributed by atoms with Gasteiger partial charge in [0.15, 0.2) is 0 Å². The average molecular weight is 445 g/mol. The highest BCUT2D eigenvalue weighted by Gasteiger charge is 2.43. The maximum absolute atomic E-state index is 13.2. The highest BCUT2D eigenvalue weighted by molar-refractivity contribution is 6.56. The number of fused-ring (bicyclic) bond motifs is 1. The SMILES string of the molecule is CCCc1cccc(CCC)c1N1C(=O)c2c(Cl)c(Cl)c(Cl)c(Cl)c2C1=O. The van der Waals surface area contributed by atoms with Gasteiger partial charge in [0, 0.05) is 0 Å². The van der Waals surface area contributed by atoms with Crippen molar-refractivity contribution >= 4 is 63.9 Å². The van der Waals surface area contributed by atoms with E-state index in [4.69, 9.17) is 46.4 Å². The zero-order chi connectivity index (χ0) is 19.9. The molecule has 2 aromatic carbocycles. The van der Waals surface area contributed by atoms with Gasteiger partial charge in [-0.15, -0.1) is 0 Å². The fourth-order valence-corrected chi connectivity index (χ4v) is 4.44. The molecule has 0 atom stereocenters. The number of amides is 2. The number of para-hydroxylation sites is 1. The van der Waals surface area contributed by atoms with Crippen LogP contribution in [0, 0.1) is 0 Å². The Bertz CT molecular complexity index is 884. The summed E-state index contributed by atoms with van der Waals surface area (Å²) >= 11 is 24.7. The maximum Gasteiger partial charge on any atom is 0.267 e. The van der Waals surface area contributed by atoms with E-state index in [1.54, 1.807) is 0 Å². The van der Waals surface area contributed by atoms with Crippen LogP contribution in [0.15, 0.2) is 18.2 Å². The summed E-state index contributed by atoms with van der Waals surface area (Å²) in [6, 6.07) is 5.82. The van der Waals surface area contributed by atoms with Gasteiger partial charge in [-0.1, -0.05) is 91.3 Å². The molecule has 1 aliphatic heterocycles. The molecular formula is C20H17Cl4NO2. The van der Waals surface area contributed by atoms with E-state index in [2.05, 4.69) is 0 Å². The van der Waals surface area contributed by atoms with Gasteiger partial charge in [0.2, 0.25) is 0 Å². The van der Waals surface area contributed by atoms with E-state index in [-0.39, 0.29) is 31.2 Å². The lowest BCUT2D eigenvalue weighted by atomic mass is 9.99. The van der Waals surface area contributed by atoms with Gasteiger partial charge in [0.1, 0.15) is 0 Å². The minimum absolute atomic E-state index is 0.00909. The molecule has 0 radical (unpaired) electrons. The molecule has 0 aliphatic carbocycles. The van der Waals surface area contributed by atoms with Crippen molar-refractivity contribution in [3.63, 3.8) is 0 Å². The molecule has 0 spiro atoms. The molecule has 3 nitrogen and oxygen atoms in total. The molecule has 2 amide bonds. The Morgan fingerprint density at radius 1 is 0.741 bits per heavy atom. The zero-order valence-electron chi connectivity index (χ0n) is 14.8. The first kappa shape index (κ1) is 20.5. The fraction of sp³-hybridized carbons (Fsp3) is 0.300. The van der Waals surface area contributed by atoms with E-state index >= 15 is 0 Å². The lowest BCUT2D eigenvalue weighted by Crippen LogP contribution is -2.31. The standard InChI is InChI=1S/C20H17Cl4NO2/c1-3-6-10-8-5-9-11(7-4-2)18(10)25-19(26)12-13(20(25)27)15(22)17(24)16(23)14(12)21/h5,8-9H,3-4,6-7H2,1-2H3. The number of imide groups is 1. The molecular weight excluding hydrogens is 428 g/mol. The smallest absolute Gasteiger partial charge is 0.267 e. The molecule has 0 N–H and O–H groups in total. The van der Waals surface area contributed by atoms with Crippen molar-refractivity contribution in [2.45, 2.75) is 39.5 Å². The molecule has 0 bridgehead atoms. The maximum atomic E-state index is 13.2. The molecule has 7 heteroatoms. The van der Waals surface area contributed by atoms with Crippen LogP contribution in [0.4, 0.5) is 5.69 Å². The Hall–Kier alpha value is -1.26. The van der Waals surface area contributed by atoms with Gasteiger partial charge < -0.3 is 0 Å². The van der Waals surface area contributed by atoms with E-state index in [0.29, 0.717) is 5.69 Å². The van der Waals surface area contributed by atoms with Gasteiger partial charge in [-0.3, -0.25) is 9.59 Å². The lowest BCUT2D eigenvalue weighted by Gasteiger charge is -2.22. The third kappa shape index (κ3) is 3.25. The first-order chi connectivity index (χ1) is 12.8. The highest BCUT2D eigenvalue weighted by Crippen LogP contribution is 2.46. The molecule has 1 aliphatic rings. The number of carbonyl (C=O) groups excluding carboxylic acids is 2. The monoisotopic (exact) mass is 443 g/mol. The number of benzene rings is 2. The van der Waals surface area contributed by atoms with Gasteiger partial charge in [-0.2, -0.15) is 0 Å². The lowest BCUT2D eigenvalue weighted by molar-refractivity contribution is 0.0925. The van der Waals surface area contributed by atoms with Crippen LogP contribution in [0.1, 0.15) is 58.5 Å². The van der Waals surface area contributed by atoms with Gasteiger partial charge in [-0.05, 0) is 24.0 Å². The first-order valence-corrected chi connectivity index (χ1v) is 10.2. The van der Waals surface area contributed by atoms with Crippen LogP contribution in [0.3, 0.4) is 0 Å². The third-order valence-corrected chi connectivity index (χ3v) is 6.37. The molecule has 3 rings (SSSR count). The van der Waals surface area contributed by atoms with E-state index in [1.165, 1.54) is 4.90 Å². The van der Waals surface area contributed by atoms with E-state index < -0.39 is 11.8 Å². The highest BCUT2D eigenvalue weighted by atomic mass is 35.5. The van der Waals surface area contributed by atoms with Crippen molar-refractivity contribution < 1.29 is 9.59 Å². The summed E-state index contributed by atoms with van der Waals surface area (Å²) < 4.78 is 0. The summed E-state index contributed by atoms with van der Waals surface area (Å²) in [6.07, 6.45) is 3.24. The number of nitrogens with zero attached hydrogens (tertiary/aromatic N) is 1. The molecule has 2 aromatic rings. The summed E-state index contributed by atoms with van der Waals surface area (Å²) in [5, 5.41) is -0.153. The Morgan fingerprint density at radius 3 is 1.52 bits per heavy atom. The van der Waals surface area contributed by atoms with Gasteiger partial charge in [0.25, 0.3) is 11.8 Å². The predicted molar refractivity (Wildman–Crippen MR) is 112 cm³/mol. The van der Waals surface area contributed by atoms with Crippen molar-refractivity contribution in [1.29, 1.82) is 0 Å².